The summed E-state index contributed by atoms with van der Waals surface area (Å²) in [4.78, 5) is 41.2. The number of carbonyl (C=O) groups is 3. The molecular weight excluding hydrogens is 490 g/mol. The summed E-state index contributed by atoms with van der Waals surface area (Å²) in [5.41, 5.74) is 9.75. The standard InChI is InChI=1S/C22H25F2N7O3.CH3NO/c23-17-10-15(31-14-16(12-25)34-22(31)33)11-18(24)21(17)30-8-6-29(7-9-30)20(32)2-1-4-28-5-3-27-13-19(28)26;2-1-3/h1,3-5,10-11,13,16,26H,2,6-9,12,14,25H2;1H,(H2,2,3)/b4-1+,26-19?;. The molecule has 37 heavy (non-hydrogen) atoms. The van der Waals surface area contributed by atoms with E-state index in [1.165, 1.54) is 10.8 Å². The Hall–Kier alpha value is -4.33. The van der Waals surface area contributed by atoms with Gasteiger partial charge in [0.2, 0.25) is 12.3 Å². The Kier molecular flexibility index (Phi) is 9.27. The van der Waals surface area contributed by atoms with E-state index in [0.717, 1.165) is 17.0 Å². The molecule has 1 aromatic heterocycles. The van der Waals surface area contributed by atoms with Gasteiger partial charge in [-0.15, -0.1) is 0 Å². The number of hydrogen-bond acceptors (Lipinski definition) is 8. The second kappa shape index (κ2) is 12.6. The van der Waals surface area contributed by atoms with Crippen LogP contribution in [0.15, 0.2) is 36.8 Å². The third-order valence-corrected chi connectivity index (χ3v) is 5.75. The number of cyclic esters (lactones) is 1. The predicted octanol–water partition coefficient (Wildman–Crippen LogP) is 0.236. The predicted molar refractivity (Wildman–Crippen MR) is 130 cm³/mol. The summed E-state index contributed by atoms with van der Waals surface area (Å²) in [5.74, 6) is -1.69. The van der Waals surface area contributed by atoms with Crippen molar-refractivity contribution >= 4 is 36.0 Å². The van der Waals surface area contributed by atoms with Gasteiger partial charge in [0.25, 0.3) is 0 Å². The van der Waals surface area contributed by atoms with Crippen LogP contribution in [0.5, 0.6) is 0 Å². The summed E-state index contributed by atoms with van der Waals surface area (Å²) >= 11 is 0. The molecule has 3 heterocycles. The number of carbonyl (C=O) groups excluding carboxylic acids is 3. The maximum atomic E-state index is 14.9. The molecule has 1 atom stereocenters. The zero-order chi connectivity index (χ0) is 26.9. The first kappa shape index (κ1) is 27.3. The van der Waals surface area contributed by atoms with E-state index in [-0.39, 0.29) is 61.8 Å². The normalized spacial score (nSPS) is 17.4. The Balaban J connectivity index is 0.00000121. The first-order valence-corrected chi connectivity index (χ1v) is 11.4. The van der Waals surface area contributed by atoms with Crippen molar-refractivity contribution in [3.8, 4) is 0 Å². The van der Waals surface area contributed by atoms with E-state index >= 15 is 0 Å². The Labute approximate surface area is 211 Å². The fourth-order valence-corrected chi connectivity index (χ4v) is 3.94. The van der Waals surface area contributed by atoms with Crippen LogP contribution in [0, 0.1) is 17.0 Å². The van der Waals surface area contributed by atoms with Crippen molar-refractivity contribution in [3.05, 3.63) is 53.9 Å². The number of benzene rings is 1. The van der Waals surface area contributed by atoms with Gasteiger partial charge in [0.15, 0.2) is 11.6 Å². The van der Waals surface area contributed by atoms with Crippen LogP contribution in [0.2, 0.25) is 0 Å². The largest absolute Gasteiger partial charge is 0.443 e. The summed E-state index contributed by atoms with van der Waals surface area (Å²) in [6, 6.07) is 2.22. The summed E-state index contributed by atoms with van der Waals surface area (Å²) in [5, 5.41) is 7.74. The lowest BCUT2D eigenvalue weighted by Gasteiger charge is -2.36. The summed E-state index contributed by atoms with van der Waals surface area (Å²) in [7, 11) is 0. The highest BCUT2D eigenvalue weighted by molar-refractivity contribution is 5.90. The van der Waals surface area contributed by atoms with E-state index in [4.69, 9.17) is 20.7 Å². The Bertz CT molecular complexity index is 1190. The third kappa shape index (κ3) is 6.67. The number of piperazine rings is 1. The number of ether oxygens (including phenoxy) is 1. The second-order valence-corrected chi connectivity index (χ2v) is 8.07. The molecule has 4 rings (SSSR count). The highest BCUT2D eigenvalue weighted by Gasteiger charge is 2.33. The molecule has 1 aromatic carbocycles. The smallest absolute Gasteiger partial charge is 0.414 e. The average molecular weight is 519 g/mol. The average Bonchev–Trinajstić information content (AvgIpc) is 3.26. The zero-order valence-electron chi connectivity index (χ0n) is 19.9. The van der Waals surface area contributed by atoms with Crippen molar-refractivity contribution < 1.29 is 27.9 Å². The highest BCUT2D eigenvalue weighted by atomic mass is 19.1. The molecular formula is C23H28F2N8O4. The molecule has 0 spiro atoms. The molecule has 0 bridgehead atoms. The molecule has 2 aliphatic rings. The molecule has 3 amide bonds. The lowest BCUT2D eigenvalue weighted by molar-refractivity contribution is -0.130. The van der Waals surface area contributed by atoms with Crippen LogP contribution in [0.1, 0.15) is 6.42 Å². The number of rotatable bonds is 6. The van der Waals surface area contributed by atoms with Crippen LogP contribution in [0.25, 0.3) is 6.20 Å². The minimum Gasteiger partial charge on any atom is -0.443 e. The van der Waals surface area contributed by atoms with Crippen LogP contribution in [-0.4, -0.2) is 78.2 Å². The molecule has 2 fully saturated rings. The molecule has 0 radical (unpaired) electrons. The number of nitrogens with two attached hydrogens (primary N) is 2. The molecule has 2 saturated heterocycles. The van der Waals surface area contributed by atoms with Gasteiger partial charge < -0.3 is 30.6 Å². The number of aromatic nitrogens is 2. The van der Waals surface area contributed by atoms with Crippen molar-refractivity contribution in [1.82, 2.24) is 14.5 Å². The van der Waals surface area contributed by atoms with Crippen LogP contribution in [-0.2, 0) is 14.3 Å². The SMILES string of the molecule is N=c1cnccn1/C=C/CC(=O)N1CCN(c2c(F)cc(N3CC(CN)OC3=O)cc2F)CC1.NC=O. The molecule has 0 aliphatic carbocycles. The van der Waals surface area contributed by atoms with E-state index < -0.39 is 23.8 Å². The monoisotopic (exact) mass is 518 g/mol. The molecule has 5 N–H and O–H groups in total. The second-order valence-electron chi connectivity index (χ2n) is 8.07. The number of anilines is 2. The van der Waals surface area contributed by atoms with E-state index in [0.29, 0.717) is 13.1 Å². The lowest BCUT2D eigenvalue weighted by atomic mass is 10.2. The van der Waals surface area contributed by atoms with E-state index in [2.05, 4.69) is 10.7 Å². The summed E-state index contributed by atoms with van der Waals surface area (Å²) in [6.45, 7) is 1.41. The summed E-state index contributed by atoms with van der Waals surface area (Å²) < 4.78 is 36.3. The maximum Gasteiger partial charge on any atom is 0.414 e. The molecule has 12 nitrogen and oxygen atoms in total. The molecule has 2 aromatic rings. The van der Waals surface area contributed by atoms with Crippen LogP contribution < -0.4 is 26.8 Å². The van der Waals surface area contributed by atoms with Gasteiger partial charge in [-0.2, -0.15) is 0 Å². The van der Waals surface area contributed by atoms with Gasteiger partial charge in [0, 0.05) is 69.9 Å². The Morgan fingerprint density at radius 1 is 1.22 bits per heavy atom. The maximum absolute atomic E-state index is 14.9. The van der Waals surface area contributed by atoms with E-state index in [1.807, 2.05) is 0 Å². The number of nitrogens with one attached hydrogen (secondary N) is 1. The fourth-order valence-electron chi connectivity index (χ4n) is 3.94. The van der Waals surface area contributed by atoms with Gasteiger partial charge in [-0.25, -0.2) is 13.6 Å². The highest BCUT2D eigenvalue weighted by Crippen LogP contribution is 2.31. The van der Waals surface area contributed by atoms with Crippen molar-refractivity contribution in [2.45, 2.75) is 12.5 Å². The van der Waals surface area contributed by atoms with Crippen molar-refractivity contribution in [3.63, 3.8) is 0 Å². The number of amides is 3. The van der Waals surface area contributed by atoms with Crippen molar-refractivity contribution in [1.29, 1.82) is 5.41 Å². The van der Waals surface area contributed by atoms with Crippen molar-refractivity contribution in [2.75, 3.05) is 49.1 Å². The topological polar surface area (TPSA) is 164 Å². The van der Waals surface area contributed by atoms with E-state index in [1.54, 1.807) is 34.5 Å². The molecule has 0 saturated carbocycles. The number of hydrogen-bond donors (Lipinski definition) is 3. The fraction of sp³-hybridized carbons (Fsp3) is 0.348. The Morgan fingerprint density at radius 2 is 1.86 bits per heavy atom. The first-order chi connectivity index (χ1) is 17.8. The number of primary amides is 1. The van der Waals surface area contributed by atoms with Gasteiger partial charge >= 0.3 is 6.09 Å². The lowest BCUT2D eigenvalue weighted by Crippen LogP contribution is -2.49. The van der Waals surface area contributed by atoms with Crippen LogP contribution >= 0.6 is 0 Å². The van der Waals surface area contributed by atoms with Crippen LogP contribution in [0.4, 0.5) is 25.0 Å². The van der Waals surface area contributed by atoms with Gasteiger partial charge in [-0.3, -0.25) is 24.9 Å². The molecule has 198 valence electrons. The Morgan fingerprint density at radius 3 is 2.43 bits per heavy atom. The minimum atomic E-state index is -0.790. The van der Waals surface area contributed by atoms with E-state index in [9.17, 15) is 18.4 Å². The third-order valence-electron chi connectivity index (χ3n) is 5.75. The quantitative estimate of drug-likeness (QED) is 0.461. The number of nitrogens with zero attached hydrogens (tertiary/aromatic N) is 5. The molecule has 14 heteroatoms. The zero-order valence-corrected chi connectivity index (χ0v) is 19.9. The van der Waals surface area contributed by atoms with Crippen molar-refractivity contribution in [2.24, 2.45) is 11.5 Å². The van der Waals surface area contributed by atoms with Gasteiger partial charge in [-0.05, 0) is 0 Å². The molecule has 1 unspecified atom stereocenters. The minimum absolute atomic E-state index is 0.0724. The number of halogens is 2. The molecule has 2 aliphatic heterocycles. The van der Waals surface area contributed by atoms with Gasteiger partial charge in [-0.1, -0.05) is 6.08 Å². The van der Waals surface area contributed by atoms with Gasteiger partial charge in [0.05, 0.1) is 18.4 Å². The van der Waals surface area contributed by atoms with Crippen LogP contribution in [0.3, 0.4) is 0 Å². The first-order valence-electron chi connectivity index (χ1n) is 11.4. The summed E-state index contributed by atoms with van der Waals surface area (Å²) in [6.07, 6.45) is 7.01. The van der Waals surface area contributed by atoms with Gasteiger partial charge in [0.1, 0.15) is 17.3 Å².